The average molecular weight is 578 g/mol. The number of nitrogens with one attached hydrogen (secondary N) is 3. The van der Waals surface area contributed by atoms with E-state index in [4.69, 9.17) is 10.5 Å². The summed E-state index contributed by atoms with van der Waals surface area (Å²) >= 11 is 3.43. The molecule has 1 atom stereocenters. The number of halogens is 1. The molecular formula is C30H33BrN4O3. The summed E-state index contributed by atoms with van der Waals surface area (Å²) in [6, 6.07) is 21.8. The van der Waals surface area contributed by atoms with Gasteiger partial charge in [0.25, 0.3) is 0 Å². The average Bonchev–Trinajstić information content (AvgIpc) is 2.93. The van der Waals surface area contributed by atoms with Gasteiger partial charge in [0.15, 0.2) is 0 Å². The number of hydrogen-bond donors (Lipinski definition) is 4. The normalized spacial score (nSPS) is 14.8. The number of rotatable bonds is 10. The van der Waals surface area contributed by atoms with E-state index in [-0.39, 0.29) is 11.8 Å². The van der Waals surface area contributed by atoms with Gasteiger partial charge in [0.1, 0.15) is 6.04 Å². The van der Waals surface area contributed by atoms with Gasteiger partial charge >= 0.3 is 0 Å². The summed E-state index contributed by atoms with van der Waals surface area (Å²) in [6.07, 6.45) is 6.30. The Kier molecular flexibility index (Phi) is 10.1. The molecule has 198 valence electrons. The van der Waals surface area contributed by atoms with Gasteiger partial charge in [-0.3, -0.25) is 9.59 Å². The molecule has 1 aliphatic heterocycles. The monoisotopic (exact) mass is 576 g/mol. The molecule has 5 N–H and O–H groups in total. The summed E-state index contributed by atoms with van der Waals surface area (Å²) in [6.45, 7) is 2.35. The van der Waals surface area contributed by atoms with Gasteiger partial charge in [0, 0.05) is 29.4 Å². The number of anilines is 3. The van der Waals surface area contributed by atoms with Gasteiger partial charge in [-0.05, 0) is 85.3 Å². The molecule has 7 nitrogen and oxygen atoms in total. The molecule has 8 heteroatoms. The Morgan fingerprint density at radius 1 is 0.974 bits per heavy atom. The molecule has 0 aliphatic carbocycles. The van der Waals surface area contributed by atoms with Gasteiger partial charge in [-0.15, -0.1) is 0 Å². The van der Waals surface area contributed by atoms with Gasteiger partial charge in [-0.25, -0.2) is 0 Å². The topological polar surface area (TPSA) is 105 Å². The molecule has 3 aromatic rings. The fraction of sp³-hybridized carbons (Fsp3) is 0.267. The van der Waals surface area contributed by atoms with E-state index in [1.165, 1.54) is 6.08 Å². The van der Waals surface area contributed by atoms with Crippen molar-refractivity contribution in [1.29, 1.82) is 0 Å². The summed E-state index contributed by atoms with van der Waals surface area (Å²) < 4.78 is 6.42. The smallest absolute Gasteiger partial charge is 0.248 e. The maximum absolute atomic E-state index is 13.3. The van der Waals surface area contributed by atoms with E-state index in [1.54, 1.807) is 18.2 Å². The van der Waals surface area contributed by atoms with Crippen LogP contribution in [0.3, 0.4) is 0 Å². The molecular weight excluding hydrogens is 544 g/mol. The lowest BCUT2D eigenvalue weighted by Crippen LogP contribution is -2.34. The maximum Gasteiger partial charge on any atom is 0.248 e. The number of hydrogen-bond acceptors (Lipinski definition) is 5. The van der Waals surface area contributed by atoms with Crippen molar-refractivity contribution in [2.75, 3.05) is 36.1 Å². The summed E-state index contributed by atoms with van der Waals surface area (Å²) in [5.74, 6) is 0.215. The van der Waals surface area contributed by atoms with Crippen molar-refractivity contribution in [2.24, 2.45) is 5.92 Å². The number of benzene rings is 3. The quantitative estimate of drug-likeness (QED) is 0.181. The van der Waals surface area contributed by atoms with Crippen LogP contribution in [-0.2, 0) is 14.3 Å². The number of nitrogen functional groups attached to an aromatic ring is 1. The SMILES string of the molecule is Nc1ccccc1NC(=O)C=Cc1ccc(C(NCCC2CCOCC2)C(=O)Nc2ccc(Br)cc2)cc1. The lowest BCUT2D eigenvalue weighted by molar-refractivity contribution is -0.118. The highest BCUT2D eigenvalue weighted by Crippen LogP contribution is 2.22. The molecule has 0 spiro atoms. The Labute approximate surface area is 232 Å². The summed E-state index contributed by atoms with van der Waals surface area (Å²) in [5.41, 5.74) is 9.41. The van der Waals surface area contributed by atoms with Crippen LogP contribution in [0.2, 0.25) is 0 Å². The van der Waals surface area contributed by atoms with Gasteiger partial charge in [-0.1, -0.05) is 52.3 Å². The van der Waals surface area contributed by atoms with Gasteiger partial charge in [0.2, 0.25) is 11.8 Å². The van der Waals surface area contributed by atoms with Crippen molar-refractivity contribution < 1.29 is 14.3 Å². The van der Waals surface area contributed by atoms with E-state index in [1.807, 2.05) is 60.7 Å². The lowest BCUT2D eigenvalue weighted by atomic mass is 9.96. The first-order chi connectivity index (χ1) is 18.5. The lowest BCUT2D eigenvalue weighted by Gasteiger charge is -2.24. The van der Waals surface area contributed by atoms with Gasteiger partial charge in [-0.2, -0.15) is 0 Å². The van der Waals surface area contributed by atoms with Crippen molar-refractivity contribution in [2.45, 2.75) is 25.3 Å². The minimum Gasteiger partial charge on any atom is -0.397 e. The van der Waals surface area contributed by atoms with Gasteiger partial charge < -0.3 is 26.4 Å². The predicted octanol–water partition coefficient (Wildman–Crippen LogP) is 5.77. The second-order valence-electron chi connectivity index (χ2n) is 9.30. The van der Waals surface area contributed by atoms with Crippen LogP contribution >= 0.6 is 15.9 Å². The third-order valence-electron chi connectivity index (χ3n) is 6.53. The molecule has 1 aliphatic rings. The first kappa shape index (κ1) is 27.6. The number of nitrogens with two attached hydrogens (primary N) is 1. The van der Waals surface area contributed by atoms with Crippen LogP contribution in [0, 0.1) is 5.92 Å². The molecule has 0 radical (unpaired) electrons. The van der Waals surface area contributed by atoms with Crippen LogP contribution in [-0.4, -0.2) is 31.6 Å². The predicted molar refractivity (Wildman–Crippen MR) is 157 cm³/mol. The Morgan fingerprint density at radius 3 is 2.39 bits per heavy atom. The zero-order valence-electron chi connectivity index (χ0n) is 21.2. The first-order valence-electron chi connectivity index (χ1n) is 12.8. The second-order valence-corrected chi connectivity index (χ2v) is 10.2. The van der Waals surface area contributed by atoms with E-state index in [9.17, 15) is 9.59 Å². The van der Waals surface area contributed by atoms with Gasteiger partial charge in [0.05, 0.1) is 11.4 Å². The number of carbonyl (C=O) groups is 2. The van der Waals surface area contributed by atoms with Crippen LogP contribution in [0.1, 0.15) is 36.4 Å². The first-order valence-corrected chi connectivity index (χ1v) is 13.6. The number of para-hydroxylation sites is 2. The highest BCUT2D eigenvalue weighted by molar-refractivity contribution is 9.10. The third-order valence-corrected chi connectivity index (χ3v) is 7.06. The van der Waals surface area contributed by atoms with E-state index in [0.29, 0.717) is 17.3 Å². The molecule has 1 unspecified atom stereocenters. The van der Waals surface area contributed by atoms with Crippen molar-refractivity contribution in [3.63, 3.8) is 0 Å². The van der Waals surface area contributed by atoms with E-state index in [0.717, 1.165) is 60.3 Å². The Balaban J connectivity index is 1.41. The summed E-state index contributed by atoms with van der Waals surface area (Å²) in [7, 11) is 0. The van der Waals surface area contributed by atoms with Crippen molar-refractivity contribution in [3.05, 3.63) is 94.5 Å². The highest BCUT2D eigenvalue weighted by atomic mass is 79.9. The second kappa shape index (κ2) is 13.9. The number of amides is 2. The summed E-state index contributed by atoms with van der Waals surface area (Å²) in [4.78, 5) is 25.6. The van der Waals surface area contributed by atoms with E-state index in [2.05, 4.69) is 31.9 Å². The highest BCUT2D eigenvalue weighted by Gasteiger charge is 2.21. The molecule has 0 bridgehead atoms. The van der Waals surface area contributed by atoms with Crippen molar-refractivity contribution in [3.8, 4) is 0 Å². The van der Waals surface area contributed by atoms with Crippen LogP contribution in [0.4, 0.5) is 17.1 Å². The van der Waals surface area contributed by atoms with Crippen LogP contribution < -0.4 is 21.7 Å². The Bertz CT molecular complexity index is 1240. The number of carbonyl (C=O) groups excluding carboxylic acids is 2. The Morgan fingerprint density at radius 2 is 1.68 bits per heavy atom. The molecule has 2 amide bonds. The molecule has 0 aromatic heterocycles. The molecule has 1 saturated heterocycles. The van der Waals surface area contributed by atoms with Crippen molar-refractivity contribution >= 4 is 50.9 Å². The third kappa shape index (κ3) is 8.28. The Hall–Kier alpha value is -3.46. The fourth-order valence-corrected chi connectivity index (χ4v) is 4.60. The zero-order chi connectivity index (χ0) is 26.7. The molecule has 0 saturated carbocycles. The van der Waals surface area contributed by atoms with Crippen LogP contribution in [0.15, 0.2) is 83.3 Å². The van der Waals surface area contributed by atoms with Crippen LogP contribution in [0.5, 0.6) is 0 Å². The molecule has 1 fully saturated rings. The van der Waals surface area contributed by atoms with Crippen LogP contribution in [0.25, 0.3) is 6.08 Å². The zero-order valence-corrected chi connectivity index (χ0v) is 22.7. The fourth-order valence-electron chi connectivity index (χ4n) is 4.33. The standard InChI is InChI=1S/C30H33BrN4O3/c31-24-10-12-25(13-11-24)34-30(37)29(33-18-15-22-16-19-38-20-17-22)23-8-5-21(6-9-23)7-14-28(36)35-27-4-2-1-3-26(27)32/h1-14,22,29,33H,15-20,32H2,(H,34,37)(H,35,36). The molecule has 3 aromatic carbocycles. The summed E-state index contributed by atoms with van der Waals surface area (Å²) in [5, 5.41) is 9.26. The molecule has 1 heterocycles. The van der Waals surface area contributed by atoms with E-state index < -0.39 is 6.04 Å². The largest absolute Gasteiger partial charge is 0.397 e. The van der Waals surface area contributed by atoms with E-state index >= 15 is 0 Å². The maximum atomic E-state index is 13.3. The van der Waals surface area contributed by atoms with Crippen molar-refractivity contribution in [1.82, 2.24) is 5.32 Å². The number of ether oxygens (including phenoxy) is 1. The molecule has 38 heavy (non-hydrogen) atoms. The molecule has 4 rings (SSSR count). The minimum atomic E-state index is -0.513. The minimum absolute atomic E-state index is 0.123.